The number of hydrogen-bond acceptors (Lipinski definition) is 4. The van der Waals surface area contributed by atoms with Gasteiger partial charge in [-0.3, -0.25) is 13.9 Å². The fourth-order valence-electron chi connectivity index (χ4n) is 1.80. The van der Waals surface area contributed by atoms with Crippen LogP contribution in [0.25, 0.3) is 0 Å². The van der Waals surface area contributed by atoms with Crippen LogP contribution in [0.3, 0.4) is 0 Å². The van der Waals surface area contributed by atoms with Crippen LogP contribution >= 0.6 is 0 Å². The Morgan fingerprint density at radius 2 is 2.24 bits per heavy atom. The minimum Gasteiger partial charge on any atom is -0.379 e. The zero-order chi connectivity index (χ0) is 12.6. The normalized spacial score (nSPS) is 24.2. The first-order chi connectivity index (χ1) is 8.04. The van der Waals surface area contributed by atoms with Crippen molar-refractivity contribution in [1.82, 2.24) is 9.13 Å². The highest BCUT2D eigenvalue weighted by Crippen LogP contribution is 2.23. The molecule has 1 aromatic rings. The van der Waals surface area contributed by atoms with Gasteiger partial charge in [0.1, 0.15) is 6.23 Å². The van der Waals surface area contributed by atoms with Crippen LogP contribution in [-0.2, 0) is 16.5 Å². The minimum atomic E-state index is -0.975. The Labute approximate surface area is 96.2 Å². The molecule has 0 aliphatic carbocycles. The van der Waals surface area contributed by atoms with E-state index in [0.717, 1.165) is 15.3 Å². The molecule has 1 fully saturated rings. The van der Waals surface area contributed by atoms with Crippen LogP contribution in [0.1, 0.15) is 12.6 Å². The van der Waals surface area contributed by atoms with Crippen LogP contribution in [0.4, 0.5) is 4.39 Å². The fraction of sp³-hybridized carbons (Fsp3) is 0.600. The van der Waals surface area contributed by atoms with Gasteiger partial charge in [-0.05, 0) is 0 Å². The Kier molecular flexibility index (Phi) is 3.12. The van der Waals surface area contributed by atoms with Crippen LogP contribution in [0.15, 0.2) is 15.8 Å². The Morgan fingerprint density at radius 3 is 2.82 bits per heavy atom. The van der Waals surface area contributed by atoms with Gasteiger partial charge < -0.3 is 9.47 Å². The lowest BCUT2D eigenvalue weighted by molar-refractivity contribution is 0.0367. The molecule has 94 valence electrons. The number of halogens is 1. The van der Waals surface area contributed by atoms with Crippen molar-refractivity contribution in [3.05, 3.63) is 32.9 Å². The quantitative estimate of drug-likeness (QED) is 0.711. The molecule has 2 heterocycles. The van der Waals surface area contributed by atoms with Crippen molar-refractivity contribution in [1.29, 1.82) is 0 Å². The van der Waals surface area contributed by atoms with Crippen molar-refractivity contribution in [3.8, 4) is 0 Å². The van der Waals surface area contributed by atoms with E-state index in [9.17, 15) is 14.0 Å². The lowest BCUT2D eigenvalue weighted by atomic mass is 10.3. The van der Waals surface area contributed by atoms with Crippen LogP contribution in [0.2, 0.25) is 0 Å². The number of methoxy groups -OCH3 is 1. The summed E-state index contributed by atoms with van der Waals surface area (Å²) < 4.78 is 25.5. The summed E-state index contributed by atoms with van der Waals surface area (Å²) in [7, 11) is 2.77. The van der Waals surface area contributed by atoms with Gasteiger partial charge in [0.2, 0.25) is 5.82 Å². The first kappa shape index (κ1) is 12.0. The highest BCUT2D eigenvalue weighted by Gasteiger charge is 2.28. The predicted octanol–water partition coefficient (Wildman–Crippen LogP) is -0.380. The average Bonchev–Trinajstić information content (AvgIpc) is 2.79. The van der Waals surface area contributed by atoms with Gasteiger partial charge >= 0.3 is 5.69 Å². The van der Waals surface area contributed by atoms with E-state index in [2.05, 4.69) is 0 Å². The van der Waals surface area contributed by atoms with Gasteiger partial charge in [0, 0.05) is 20.6 Å². The van der Waals surface area contributed by atoms with E-state index >= 15 is 0 Å². The Bertz CT molecular complexity index is 536. The van der Waals surface area contributed by atoms with Crippen LogP contribution in [0.5, 0.6) is 0 Å². The van der Waals surface area contributed by atoms with Crippen molar-refractivity contribution < 1.29 is 13.9 Å². The summed E-state index contributed by atoms with van der Waals surface area (Å²) in [5, 5.41) is 0. The van der Waals surface area contributed by atoms with Crippen LogP contribution in [0, 0.1) is 5.82 Å². The van der Waals surface area contributed by atoms with Gasteiger partial charge in [-0.25, -0.2) is 4.79 Å². The summed E-state index contributed by atoms with van der Waals surface area (Å²) in [5.74, 6) is -0.975. The van der Waals surface area contributed by atoms with Crippen molar-refractivity contribution in [3.63, 3.8) is 0 Å². The van der Waals surface area contributed by atoms with E-state index in [1.54, 1.807) is 7.11 Å². The molecule has 0 amide bonds. The van der Waals surface area contributed by atoms with Gasteiger partial charge in [0.25, 0.3) is 5.56 Å². The first-order valence-corrected chi connectivity index (χ1v) is 5.16. The molecule has 1 aromatic heterocycles. The monoisotopic (exact) mass is 244 g/mol. The lowest BCUT2D eigenvalue weighted by Crippen LogP contribution is -2.40. The molecule has 17 heavy (non-hydrogen) atoms. The number of nitrogens with zero attached hydrogens (tertiary/aromatic N) is 2. The molecule has 2 atom stereocenters. The maximum absolute atomic E-state index is 13.3. The molecule has 0 aromatic carbocycles. The number of hydrogen-bond donors (Lipinski definition) is 0. The van der Waals surface area contributed by atoms with Gasteiger partial charge in [-0.2, -0.15) is 4.39 Å². The second-order valence-corrected chi connectivity index (χ2v) is 3.91. The smallest absolute Gasteiger partial charge is 0.333 e. The predicted molar refractivity (Wildman–Crippen MR) is 56.3 cm³/mol. The van der Waals surface area contributed by atoms with Gasteiger partial charge in [0.05, 0.1) is 18.9 Å². The molecule has 0 unspecified atom stereocenters. The van der Waals surface area contributed by atoms with Crippen LogP contribution < -0.4 is 11.2 Å². The maximum Gasteiger partial charge on any atom is 0.333 e. The van der Waals surface area contributed by atoms with Gasteiger partial charge in [-0.1, -0.05) is 0 Å². The van der Waals surface area contributed by atoms with Crippen LogP contribution in [-0.4, -0.2) is 29.0 Å². The van der Waals surface area contributed by atoms with Crippen molar-refractivity contribution in [2.24, 2.45) is 7.05 Å². The van der Waals surface area contributed by atoms with Gasteiger partial charge in [0.15, 0.2) is 0 Å². The SMILES string of the molecule is CO[C@H]1CO[C@@H](n2cc(F)c(=O)n(C)c2=O)C1. The maximum atomic E-state index is 13.3. The summed E-state index contributed by atoms with van der Waals surface area (Å²) in [6.07, 6.45) is 0.627. The summed E-state index contributed by atoms with van der Waals surface area (Å²) in [6, 6.07) is 0. The second kappa shape index (κ2) is 4.42. The molecule has 0 saturated carbocycles. The standard InChI is InChI=1S/C10H13FN2O4/c1-12-9(14)7(11)4-13(10(12)15)8-3-6(16-2)5-17-8/h4,6,8H,3,5H2,1-2H3/t6-,8-/m1/s1. The second-order valence-electron chi connectivity index (χ2n) is 3.91. The first-order valence-electron chi connectivity index (χ1n) is 5.16. The van der Waals surface area contributed by atoms with E-state index in [1.165, 1.54) is 7.05 Å². The third-order valence-electron chi connectivity index (χ3n) is 2.85. The van der Waals surface area contributed by atoms with Gasteiger partial charge in [-0.15, -0.1) is 0 Å². The molecule has 0 radical (unpaired) electrons. The fourth-order valence-corrected chi connectivity index (χ4v) is 1.80. The van der Waals surface area contributed by atoms with E-state index in [-0.39, 0.29) is 6.10 Å². The molecule has 1 aliphatic heterocycles. The molecule has 2 rings (SSSR count). The molecule has 1 aliphatic rings. The van der Waals surface area contributed by atoms with E-state index in [0.29, 0.717) is 13.0 Å². The summed E-state index contributed by atoms with van der Waals surface area (Å²) in [6.45, 7) is 0.345. The highest BCUT2D eigenvalue weighted by atomic mass is 19.1. The topological polar surface area (TPSA) is 62.5 Å². The summed E-state index contributed by atoms with van der Waals surface area (Å²) >= 11 is 0. The molecule has 6 nitrogen and oxygen atoms in total. The number of rotatable bonds is 2. The Hall–Kier alpha value is -1.47. The molecular formula is C10H13FN2O4. The number of ether oxygens (including phenoxy) is 2. The third-order valence-corrected chi connectivity index (χ3v) is 2.85. The molecular weight excluding hydrogens is 231 g/mol. The minimum absolute atomic E-state index is 0.118. The largest absolute Gasteiger partial charge is 0.379 e. The van der Waals surface area contributed by atoms with Crippen molar-refractivity contribution in [2.45, 2.75) is 18.8 Å². The molecule has 0 spiro atoms. The van der Waals surface area contributed by atoms with E-state index in [4.69, 9.17) is 9.47 Å². The lowest BCUT2D eigenvalue weighted by Gasteiger charge is -2.13. The third kappa shape index (κ3) is 2.03. The molecule has 0 N–H and O–H groups in total. The summed E-state index contributed by atoms with van der Waals surface area (Å²) in [4.78, 5) is 22.9. The van der Waals surface area contributed by atoms with Crippen molar-refractivity contribution in [2.75, 3.05) is 13.7 Å². The zero-order valence-corrected chi connectivity index (χ0v) is 9.55. The Balaban J connectivity index is 2.41. The number of aromatic nitrogens is 2. The average molecular weight is 244 g/mol. The molecule has 1 saturated heterocycles. The van der Waals surface area contributed by atoms with Crippen molar-refractivity contribution >= 4 is 0 Å². The Morgan fingerprint density at radius 1 is 1.53 bits per heavy atom. The van der Waals surface area contributed by atoms with E-state index < -0.39 is 23.3 Å². The van der Waals surface area contributed by atoms with E-state index in [1.807, 2.05) is 0 Å². The molecule has 0 bridgehead atoms. The highest BCUT2D eigenvalue weighted by molar-refractivity contribution is 4.91. The molecule has 7 heteroatoms. The zero-order valence-electron chi connectivity index (χ0n) is 9.55. The summed E-state index contributed by atoms with van der Waals surface area (Å²) in [5.41, 5.74) is -1.54.